The van der Waals surface area contributed by atoms with Gasteiger partial charge in [0.2, 0.25) is 15.9 Å². The normalized spacial score (nSPS) is 21.0. The topological polar surface area (TPSA) is 66.5 Å². The molecule has 0 unspecified atom stereocenters. The Balaban J connectivity index is 1.72. The molecule has 1 heterocycles. The van der Waals surface area contributed by atoms with E-state index in [0.29, 0.717) is 31.0 Å². The Morgan fingerprint density at radius 1 is 1.15 bits per heavy atom. The zero-order valence-corrected chi connectivity index (χ0v) is 16.8. The van der Waals surface area contributed by atoms with Crippen molar-refractivity contribution >= 4 is 27.5 Å². The summed E-state index contributed by atoms with van der Waals surface area (Å²) in [6, 6.07) is 15.8. The van der Waals surface area contributed by atoms with E-state index in [-0.39, 0.29) is 17.3 Å². The van der Waals surface area contributed by atoms with Crippen LogP contribution in [0.4, 0.5) is 0 Å². The molecule has 0 bridgehead atoms. The van der Waals surface area contributed by atoms with Gasteiger partial charge in [0.25, 0.3) is 0 Å². The van der Waals surface area contributed by atoms with E-state index in [1.165, 1.54) is 16.4 Å². The molecule has 2 aromatic rings. The summed E-state index contributed by atoms with van der Waals surface area (Å²) in [4.78, 5) is 13.0. The van der Waals surface area contributed by atoms with Crippen molar-refractivity contribution in [3.63, 3.8) is 0 Å². The van der Waals surface area contributed by atoms with Gasteiger partial charge in [-0.05, 0) is 49.6 Å². The highest BCUT2D eigenvalue weighted by Crippen LogP contribution is 2.33. The maximum Gasteiger partial charge on any atom is 0.243 e. The number of nitrogens with zero attached hydrogens (tertiary/aromatic N) is 1. The number of hydrogen-bond acceptors (Lipinski definition) is 3. The number of sulfonamides is 1. The van der Waals surface area contributed by atoms with Crippen LogP contribution in [0.25, 0.3) is 0 Å². The van der Waals surface area contributed by atoms with Crippen LogP contribution in [0.5, 0.6) is 0 Å². The number of amides is 1. The van der Waals surface area contributed by atoms with Gasteiger partial charge in [-0.2, -0.15) is 4.31 Å². The molecule has 1 N–H and O–H groups in total. The summed E-state index contributed by atoms with van der Waals surface area (Å²) in [7, 11) is -3.66. The molecule has 0 radical (unpaired) electrons. The van der Waals surface area contributed by atoms with E-state index in [0.717, 1.165) is 5.56 Å². The van der Waals surface area contributed by atoms with E-state index in [4.69, 9.17) is 11.6 Å². The Labute approximate surface area is 165 Å². The van der Waals surface area contributed by atoms with Crippen molar-refractivity contribution in [1.82, 2.24) is 9.62 Å². The summed E-state index contributed by atoms with van der Waals surface area (Å²) in [6.07, 6.45) is 1.29. The van der Waals surface area contributed by atoms with Crippen molar-refractivity contribution in [2.75, 3.05) is 13.1 Å². The second-order valence-electron chi connectivity index (χ2n) is 7.13. The van der Waals surface area contributed by atoms with Crippen molar-refractivity contribution in [3.05, 3.63) is 65.2 Å². The molecule has 2 aromatic carbocycles. The average molecular weight is 407 g/mol. The van der Waals surface area contributed by atoms with Crippen LogP contribution in [0.2, 0.25) is 5.02 Å². The number of hydrogen-bond donors (Lipinski definition) is 1. The van der Waals surface area contributed by atoms with Gasteiger partial charge in [0.05, 0.1) is 10.3 Å². The first-order chi connectivity index (χ1) is 12.8. The number of nitrogens with one attached hydrogen (secondary N) is 1. The lowest BCUT2D eigenvalue weighted by molar-refractivity contribution is -0.132. The fourth-order valence-electron chi connectivity index (χ4n) is 3.33. The third-order valence-electron chi connectivity index (χ3n) is 4.96. The Morgan fingerprint density at radius 3 is 2.48 bits per heavy atom. The van der Waals surface area contributed by atoms with Gasteiger partial charge < -0.3 is 5.32 Å². The molecule has 1 saturated heterocycles. The number of carbonyl (C=O) groups excluding carboxylic acids is 1. The van der Waals surface area contributed by atoms with Gasteiger partial charge in [0.15, 0.2) is 0 Å². The van der Waals surface area contributed by atoms with Gasteiger partial charge >= 0.3 is 0 Å². The van der Waals surface area contributed by atoms with Gasteiger partial charge in [-0.15, -0.1) is 0 Å². The van der Waals surface area contributed by atoms with Crippen molar-refractivity contribution < 1.29 is 13.2 Å². The van der Waals surface area contributed by atoms with Crippen LogP contribution in [-0.2, 0) is 21.4 Å². The van der Waals surface area contributed by atoms with Crippen LogP contribution in [0.15, 0.2) is 59.5 Å². The average Bonchev–Trinajstić information content (AvgIpc) is 2.67. The molecular formula is C20H23ClN2O3S. The quantitative estimate of drug-likeness (QED) is 0.826. The molecule has 27 heavy (non-hydrogen) atoms. The monoisotopic (exact) mass is 406 g/mol. The summed E-state index contributed by atoms with van der Waals surface area (Å²) < 4.78 is 27.3. The molecule has 0 aromatic heterocycles. The van der Waals surface area contributed by atoms with Crippen molar-refractivity contribution in [3.8, 4) is 0 Å². The molecule has 7 heteroatoms. The van der Waals surface area contributed by atoms with Crippen LogP contribution >= 0.6 is 11.6 Å². The van der Waals surface area contributed by atoms with Crippen LogP contribution < -0.4 is 5.32 Å². The largest absolute Gasteiger partial charge is 0.352 e. The standard InChI is InChI=1S/C20H23ClN2O3S/c1-20(19(24)22-14-16-6-3-2-4-7-16)12-5-13-23(15-20)27(25,26)18-10-8-17(21)9-11-18/h2-4,6-11H,5,12-15H2,1H3,(H,22,24)/t20-/m1/s1. The zero-order valence-electron chi connectivity index (χ0n) is 15.2. The fraction of sp³-hybridized carbons (Fsp3) is 0.350. The molecule has 1 amide bonds. The lowest BCUT2D eigenvalue weighted by Gasteiger charge is -2.38. The Kier molecular flexibility index (Phi) is 5.89. The van der Waals surface area contributed by atoms with Gasteiger partial charge in [-0.25, -0.2) is 8.42 Å². The van der Waals surface area contributed by atoms with Crippen molar-refractivity contribution in [2.24, 2.45) is 5.41 Å². The third-order valence-corrected chi connectivity index (χ3v) is 7.07. The lowest BCUT2D eigenvalue weighted by atomic mass is 9.82. The first-order valence-electron chi connectivity index (χ1n) is 8.89. The first-order valence-corrected chi connectivity index (χ1v) is 10.7. The predicted octanol–water partition coefficient (Wildman–Crippen LogP) is 3.45. The number of carbonyl (C=O) groups is 1. The summed E-state index contributed by atoms with van der Waals surface area (Å²) in [5.41, 5.74) is 0.253. The van der Waals surface area contributed by atoms with Crippen LogP contribution in [0.3, 0.4) is 0 Å². The van der Waals surface area contributed by atoms with Crippen molar-refractivity contribution in [2.45, 2.75) is 31.2 Å². The lowest BCUT2D eigenvalue weighted by Crippen LogP contribution is -2.51. The van der Waals surface area contributed by atoms with E-state index in [2.05, 4.69) is 5.32 Å². The molecule has 0 saturated carbocycles. The minimum Gasteiger partial charge on any atom is -0.352 e. The number of rotatable bonds is 5. The molecule has 1 atom stereocenters. The molecular weight excluding hydrogens is 384 g/mol. The maximum atomic E-state index is 12.9. The highest BCUT2D eigenvalue weighted by atomic mass is 35.5. The third kappa shape index (κ3) is 4.51. The second kappa shape index (κ2) is 8.00. The van der Waals surface area contributed by atoms with Crippen LogP contribution in [-0.4, -0.2) is 31.7 Å². The van der Waals surface area contributed by atoms with E-state index < -0.39 is 15.4 Å². The Bertz CT molecular complexity index is 901. The van der Waals surface area contributed by atoms with Crippen LogP contribution in [0, 0.1) is 5.41 Å². The molecule has 1 aliphatic rings. The maximum absolute atomic E-state index is 12.9. The number of halogens is 1. The van der Waals surface area contributed by atoms with Gasteiger partial charge in [0, 0.05) is 24.7 Å². The second-order valence-corrected chi connectivity index (χ2v) is 9.50. The first kappa shape index (κ1) is 19.9. The molecule has 1 aliphatic heterocycles. The summed E-state index contributed by atoms with van der Waals surface area (Å²) >= 11 is 5.86. The minimum absolute atomic E-state index is 0.123. The predicted molar refractivity (Wildman–Crippen MR) is 106 cm³/mol. The minimum atomic E-state index is -3.66. The van der Waals surface area contributed by atoms with Gasteiger partial charge in [-0.1, -0.05) is 41.9 Å². The number of piperidine rings is 1. The molecule has 1 fully saturated rings. The Hall–Kier alpha value is -1.89. The smallest absolute Gasteiger partial charge is 0.243 e. The molecule has 5 nitrogen and oxygen atoms in total. The number of benzene rings is 2. The molecule has 0 spiro atoms. The summed E-state index contributed by atoms with van der Waals surface area (Å²) in [5.74, 6) is -0.123. The van der Waals surface area contributed by atoms with E-state index in [1.807, 2.05) is 37.3 Å². The SMILES string of the molecule is C[C@@]1(C(=O)NCc2ccccc2)CCCN(S(=O)(=O)c2ccc(Cl)cc2)C1. The molecule has 3 rings (SSSR count). The zero-order chi connectivity index (χ0) is 19.5. The molecule has 0 aliphatic carbocycles. The van der Waals surface area contributed by atoms with E-state index in [1.54, 1.807) is 12.1 Å². The summed E-state index contributed by atoms with van der Waals surface area (Å²) in [5, 5.41) is 3.43. The van der Waals surface area contributed by atoms with Crippen LogP contribution in [0.1, 0.15) is 25.3 Å². The highest BCUT2D eigenvalue weighted by molar-refractivity contribution is 7.89. The van der Waals surface area contributed by atoms with E-state index in [9.17, 15) is 13.2 Å². The summed E-state index contributed by atoms with van der Waals surface area (Å²) in [6.45, 7) is 2.83. The van der Waals surface area contributed by atoms with Gasteiger partial charge in [0.1, 0.15) is 0 Å². The Morgan fingerprint density at radius 2 is 1.81 bits per heavy atom. The van der Waals surface area contributed by atoms with Crippen molar-refractivity contribution in [1.29, 1.82) is 0 Å². The van der Waals surface area contributed by atoms with Gasteiger partial charge in [-0.3, -0.25) is 4.79 Å². The highest BCUT2D eigenvalue weighted by Gasteiger charge is 2.41. The van der Waals surface area contributed by atoms with E-state index >= 15 is 0 Å². The fourth-order valence-corrected chi connectivity index (χ4v) is 5.06. The molecule has 144 valence electrons.